The Hall–Kier alpha value is -2.31. The lowest BCUT2D eigenvalue weighted by atomic mass is 10.1. The third-order valence-electron chi connectivity index (χ3n) is 4.63. The molecule has 0 saturated heterocycles. The average Bonchev–Trinajstić information content (AvgIpc) is 2.69. The highest BCUT2D eigenvalue weighted by atomic mass is 19.4. The summed E-state index contributed by atoms with van der Waals surface area (Å²) >= 11 is 0. The van der Waals surface area contributed by atoms with Crippen molar-refractivity contribution in [3.63, 3.8) is 0 Å². The minimum Gasteiger partial charge on any atom is -0.477 e. The molecular weight excluding hydrogens is 379 g/mol. The van der Waals surface area contributed by atoms with Crippen molar-refractivity contribution < 1.29 is 17.9 Å². The third-order valence-corrected chi connectivity index (χ3v) is 4.63. The molecule has 0 radical (unpaired) electrons. The van der Waals surface area contributed by atoms with Crippen LogP contribution < -0.4 is 9.64 Å². The second kappa shape index (κ2) is 11.0. The van der Waals surface area contributed by atoms with Crippen LogP contribution in [0.25, 0.3) is 0 Å². The zero-order valence-electron chi connectivity index (χ0n) is 17.4. The molecule has 160 valence electrons. The van der Waals surface area contributed by atoms with E-state index in [1.807, 2.05) is 31.2 Å². The van der Waals surface area contributed by atoms with Crippen LogP contribution in [0.15, 0.2) is 30.5 Å². The van der Waals surface area contributed by atoms with Gasteiger partial charge in [0.25, 0.3) is 0 Å². The van der Waals surface area contributed by atoms with Crippen molar-refractivity contribution in [3.8, 4) is 5.88 Å². The maximum absolute atomic E-state index is 13.4. The predicted octanol–water partition coefficient (Wildman–Crippen LogP) is 6.57. The molecule has 1 aromatic carbocycles. The largest absolute Gasteiger partial charge is 0.477 e. The van der Waals surface area contributed by atoms with Crippen molar-refractivity contribution in [3.05, 3.63) is 41.6 Å². The van der Waals surface area contributed by atoms with E-state index < -0.39 is 17.6 Å². The van der Waals surface area contributed by atoms with Crippen LogP contribution in [0.3, 0.4) is 0 Å². The molecule has 0 aliphatic heterocycles. The second-order valence-electron chi connectivity index (χ2n) is 6.96. The maximum atomic E-state index is 13.4. The average molecular weight is 409 g/mol. The SMILES string of the molecule is CCCCCCOc1nc(N(CC)c2ccc(CCC)cc2)ncc1C(F)(F)F. The van der Waals surface area contributed by atoms with E-state index in [1.54, 1.807) is 4.90 Å². The molecular formula is C22H30F3N3O. The lowest BCUT2D eigenvalue weighted by Gasteiger charge is -2.22. The molecule has 1 aromatic heterocycles. The molecule has 1 heterocycles. The minimum absolute atomic E-state index is 0.201. The number of benzene rings is 1. The van der Waals surface area contributed by atoms with Gasteiger partial charge in [0.15, 0.2) is 0 Å². The summed E-state index contributed by atoms with van der Waals surface area (Å²) in [6.07, 6.45) is 1.99. The van der Waals surface area contributed by atoms with Gasteiger partial charge in [-0.05, 0) is 37.5 Å². The van der Waals surface area contributed by atoms with Gasteiger partial charge in [0, 0.05) is 18.4 Å². The van der Waals surface area contributed by atoms with Crippen molar-refractivity contribution in [2.75, 3.05) is 18.1 Å². The van der Waals surface area contributed by atoms with Crippen LogP contribution in [0.1, 0.15) is 64.0 Å². The summed E-state index contributed by atoms with van der Waals surface area (Å²) in [5.41, 5.74) is 1.11. The van der Waals surface area contributed by atoms with E-state index >= 15 is 0 Å². The number of halogens is 3. The van der Waals surface area contributed by atoms with Gasteiger partial charge in [-0.15, -0.1) is 0 Å². The van der Waals surface area contributed by atoms with E-state index in [0.717, 1.165) is 44.0 Å². The number of unbranched alkanes of at least 4 members (excludes halogenated alkanes) is 3. The number of hydrogen-bond donors (Lipinski definition) is 0. The van der Waals surface area contributed by atoms with Gasteiger partial charge in [0.05, 0.1) is 6.61 Å². The molecule has 0 unspecified atom stereocenters. The fourth-order valence-electron chi connectivity index (χ4n) is 3.06. The fraction of sp³-hybridized carbons (Fsp3) is 0.545. The van der Waals surface area contributed by atoms with Crippen molar-refractivity contribution in [2.45, 2.75) is 65.5 Å². The fourth-order valence-corrected chi connectivity index (χ4v) is 3.06. The first kappa shape index (κ1) is 23.0. The van der Waals surface area contributed by atoms with E-state index in [-0.39, 0.29) is 12.6 Å². The monoisotopic (exact) mass is 409 g/mol. The molecule has 4 nitrogen and oxygen atoms in total. The lowest BCUT2D eigenvalue weighted by Crippen LogP contribution is -2.21. The Morgan fingerprint density at radius 2 is 1.69 bits per heavy atom. The molecule has 2 aromatic rings. The van der Waals surface area contributed by atoms with Crippen molar-refractivity contribution in [2.24, 2.45) is 0 Å². The first-order valence-electron chi connectivity index (χ1n) is 10.3. The quantitative estimate of drug-likeness (QED) is 0.394. The first-order valence-corrected chi connectivity index (χ1v) is 10.3. The van der Waals surface area contributed by atoms with E-state index in [1.165, 1.54) is 5.56 Å². The molecule has 0 spiro atoms. The summed E-state index contributed by atoms with van der Waals surface area (Å²) in [6, 6.07) is 7.94. The van der Waals surface area contributed by atoms with Crippen LogP contribution in [0.4, 0.5) is 24.8 Å². The molecule has 0 N–H and O–H groups in total. The lowest BCUT2D eigenvalue weighted by molar-refractivity contribution is -0.139. The zero-order valence-corrected chi connectivity index (χ0v) is 17.4. The van der Waals surface area contributed by atoms with E-state index in [9.17, 15) is 13.2 Å². The van der Waals surface area contributed by atoms with Gasteiger partial charge in [-0.2, -0.15) is 18.2 Å². The smallest absolute Gasteiger partial charge is 0.423 e. The summed E-state index contributed by atoms with van der Waals surface area (Å²) in [5.74, 6) is -0.202. The van der Waals surface area contributed by atoms with E-state index in [0.29, 0.717) is 13.0 Å². The maximum Gasteiger partial charge on any atom is 0.423 e. The highest BCUT2D eigenvalue weighted by Gasteiger charge is 2.36. The van der Waals surface area contributed by atoms with E-state index in [2.05, 4.69) is 23.8 Å². The highest BCUT2D eigenvalue weighted by Crippen LogP contribution is 2.36. The summed E-state index contributed by atoms with van der Waals surface area (Å²) in [6.45, 7) is 6.83. The van der Waals surface area contributed by atoms with E-state index in [4.69, 9.17) is 4.74 Å². The standard InChI is InChI=1S/C22H30F3N3O/c1-4-7-8-9-15-29-20-19(22(23,24)25)16-26-21(27-20)28(6-3)18-13-11-17(10-5-2)12-14-18/h11-14,16H,4-10,15H2,1-3H3. The Bertz CT molecular complexity index is 748. The third kappa shape index (κ3) is 6.61. The van der Waals surface area contributed by atoms with Crippen LogP contribution in [0.5, 0.6) is 5.88 Å². The van der Waals surface area contributed by atoms with Crippen LogP contribution in [0.2, 0.25) is 0 Å². The van der Waals surface area contributed by atoms with Crippen LogP contribution >= 0.6 is 0 Å². The number of anilines is 2. The van der Waals surface area contributed by atoms with Gasteiger partial charge >= 0.3 is 6.18 Å². The van der Waals surface area contributed by atoms with Gasteiger partial charge < -0.3 is 9.64 Å². The minimum atomic E-state index is -4.56. The van der Waals surface area contributed by atoms with Gasteiger partial charge in [-0.25, -0.2) is 4.98 Å². The summed E-state index contributed by atoms with van der Waals surface area (Å²) in [7, 11) is 0. The summed E-state index contributed by atoms with van der Waals surface area (Å²) in [5, 5.41) is 0. The molecule has 7 heteroatoms. The zero-order chi connectivity index (χ0) is 21.3. The predicted molar refractivity (Wildman–Crippen MR) is 110 cm³/mol. The number of hydrogen-bond acceptors (Lipinski definition) is 4. The first-order chi connectivity index (χ1) is 13.9. The van der Waals surface area contributed by atoms with Crippen molar-refractivity contribution in [1.29, 1.82) is 0 Å². The Kier molecular flexibility index (Phi) is 8.73. The number of aryl methyl sites for hydroxylation is 1. The summed E-state index contributed by atoms with van der Waals surface area (Å²) in [4.78, 5) is 9.90. The molecule has 0 fully saturated rings. The molecule has 0 aliphatic carbocycles. The molecule has 2 rings (SSSR count). The topological polar surface area (TPSA) is 38.2 Å². The number of rotatable bonds is 11. The summed E-state index contributed by atoms with van der Waals surface area (Å²) < 4.78 is 45.5. The Morgan fingerprint density at radius 3 is 2.28 bits per heavy atom. The Labute approximate surface area is 171 Å². The van der Waals surface area contributed by atoms with Crippen molar-refractivity contribution in [1.82, 2.24) is 9.97 Å². The van der Waals surface area contributed by atoms with Gasteiger partial charge in [0.2, 0.25) is 11.8 Å². The van der Waals surface area contributed by atoms with Crippen LogP contribution in [0, 0.1) is 0 Å². The molecule has 29 heavy (non-hydrogen) atoms. The second-order valence-corrected chi connectivity index (χ2v) is 6.96. The van der Waals surface area contributed by atoms with Gasteiger partial charge in [-0.1, -0.05) is 51.7 Å². The molecule has 0 saturated carbocycles. The highest BCUT2D eigenvalue weighted by molar-refractivity contribution is 5.58. The molecule has 0 atom stereocenters. The normalized spacial score (nSPS) is 11.5. The number of alkyl halides is 3. The number of aromatic nitrogens is 2. The number of ether oxygens (including phenoxy) is 1. The molecule has 0 bridgehead atoms. The van der Waals surface area contributed by atoms with Crippen LogP contribution in [-0.4, -0.2) is 23.1 Å². The van der Waals surface area contributed by atoms with Crippen LogP contribution in [-0.2, 0) is 12.6 Å². The molecule has 0 aliphatic rings. The van der Waals surface area contributed by atoms with Gasteiger partial charge in [-0.3, -0.25) is 0 Å². The van der Waals surface area contributed by atoms with Crippen molar-refractivity contribution >= 4 is 11.6 Å². The van der Waals surface area contributed by atoms with Gasteiger partial charge in [0.1, 0.15) is 5.56 Å². The Morgan fingerprint density at radius 1 is 0.966 bits per heavy atom. The number of nitrogens with zero attached hydrogens (tertiary/aromatic N) is 3. The molecule has 0 amide bonds. The Balaban J connectivity index is 2.26.